The van der Waals surface area contributed by atoms with Gasteiger partial charge in [0.15, 0.2) is 0 Å². The molecule has 1 heterocycles. The number of rotatable bonds is 0. The van der Waals surface area contributed by atoms with Crippen LogP contribution in [0.25, 0.3) is 10.9 Å². The highest BCUT2D eigenvalue weighted by molar-refractivity contribution is 6.37. The van der Waals surface area contributed by atoms with Crippen LogP contribution in [-0.4, -0.2) is 4.98 Å². The molecule has 0 unspecified atom stereocenters. The lowest BCUT2D eigenvalue weighted by molar-refractivity contribution is 0.671. The van der Waals surface area contributed by atoms with Crippen LogP contribution in [0.5, 0.6) is 0 Å². The Hall–Kier alpha value is -0.790. The largest absolute Gasteiger partial charge is 0.252 e. The van der Waals surface area contributed by atoms with E-state index in [2.05, 4.69) is 4.98 Å². The van der Waals surface area contributed by atoms with E-state index in [1.54, 1.807) is 0 Å². The number of halogens is 2. The van der Waals surface area contributed by atoms with Gasteiger partial charge < -0.3 is 0 Å². The Balaban J connectivity index is 2.34. The summed E-state index contributed by atoms with van der Waals surface area (Å²) in [6, 6.07) is 5.71. The number of hydrogen-bond donors (Lipinski definition) is 0. The highest BCUT2D eigenvalue weighted by atomic mass is 35.5. The number of aromatic nitrogens is 1. The molecule has 0 amide bonds. The van der Waals surface area contributed by atoms with Crippen LogP contribution >= 0.6 is 23.2 Å². The van der Waals surface area contributed by atoms with Crippen molar-refractivity contribution in [1.82, 2.24) is 4.98 Å². The molecule has 2 aromatic rings. The van der Waals surface area contributed by atoms with Crippen molar-refractivity contribution >= 4 is 34.1 Å². The van der Waals surface area contributed by atoms with Crippen molar-refractivity contribution in [1.29, 1.82) is 0 Å². The van der Waals surface area contributed by atoms with E-state index >= 15 is 0 Å². The second kappa shape index (κ2) is 3.90. The van der Waals surface area contributed by atoms with Crippen LogP contribution < -0.4 is 0 Å². The van der Waals surface area contributed by atoms with Gasteiger partial charge in [-0.15, -0.1) is 0 Å². The zero-order chi connectivity index (χ0) is 11.1. The van der Waals surface area contributed by atoms with E-state index in [0.717, 1.165) is 34.5 Å². The fourth-order valence-corrected chi connectivity index (χ4v) is 2.87. The van der Waals surface area contributed by atoms with Crippen molar-refractivity contribution in [3.8, 4) is 0 Å². The molecule has 0 saturated heterocycles. The van der Waals surface area contributed by atoms with E-state index in [9.17, 15) is 0 Å². The van der Waals surface area contributed by atoms with Crippen molar-refractivity contribution in [3.05, 3.63) is 39.5 Å². The molecule has 3 heteroatoms. The van der Waals surface area contributed by atoms with Crippen molar-refractivity contribution in [2.45, 2.75) is 25.7 Å². The van der Waals surface area contributed by atoms with E-state index in [0.29, 0.717) is 5.02 Å². The number of hydrogen-bond acceptors (Lipinski definition) is 1. The molecule has 0 aliphatic heterocycles. The average molecular weight is 252 g/mol. The summed E-state index contributed by atoms with van der Waals surface area (Å²) < 4.78 is 0. The zero-order valence-corrected chi connectivity index (χ0v) is 10.3. The van der Waals surface area contributed by atoms with Crippen LogP contribution in [0.3, 0.4) is 0 Å². The Kier molecular flexibility index (Phi) is 2.53. The Labute approximate surface area is 104 Å². The first kappa shape index (κ1) is 10.4. The summed E-state index contributed by atoms with van der Waals surface area (Å²) in [6.45, 7) is 0. The van der Waals surface area contributed by atoms with Gasteiger partial charge in [-0.05, 0) is 49.4 Å². The summed E-state index contributed by atoms with van der Waals surface area (Å²) in [6.07, 6.45) is 4.52. The Morgan fingerprint density at radius 1 is 1.06 bits per heavy atom. The van der Waals surface area contributed by atoms with Crippen LogP contribution in [-0.2, 0) is 12.8 Å². The lowest BCUT2D eigenvalue weighted by Gasteiger charge is -2.17. The van der Waals surface area contributed by atoms with Gasteiger partial charge >= 0.3 is 0 Å². The minimum atomic E-state index is 0.715. The Morgan fingerprint density at radius 2 is 1.88 bits per heavy atom. The maximum Gasteiger partial charge on any atom is 0.0735 e. The molecule has 0 N–H and O–H groups in total. The molecule has 0 saturated carbocycles. The molecule has 82 valence electrons. The van der Waals surface area contributed by atoms with Gasteiger partial charge in [0.25, 0.3) is 0 Å². The van der Waals surface area contributed by atoms with E-state index < -0.39 is 0 Å². The lowest BCUT2D eigenvalue weighted by Crippen LogP contribution is -2.06. The van der Waals surface area contributed by atoms with Crippen molar-refractivity contribution in [2.24, 2.45) is 0 Å². The van der Waals surface area contributed by atoms with Gasteiger partial charge in [0.1, 0.15) is 0 Å². The van der Waals surface area contributed by atoms with Crippen LogP contribution in [0.4, 0.5) is 0 Å². The summed E-state index contributed by atoms with van der Waals surface area (Å²) in [4.78, 5) is 4.67. The van der Waals surface area contributed by atoms with Crippen LogP contribution in [0, 0.1) is 0 Å². The first-order valence-corrected chi connectivity index (χ1v) is 6.28. The van der Waals surface area contributed by atoms with Crippen molar-refractivity contribution < 1.29 is 0 Å². The van der Waals surface area contributed by atoms with Gasteiger partial charge in [-0.1, -0.05) is 23.2 Å². The fourth-order valence-electron chi connectivity index (χ4n) is 2.34. The summed E-state index contributed by atoms with van der Waals surface area (Å²) in [5.41, 5.74) is 3.31. The molecule has 1 aliphatic carbocycles. The maximum absolute atomic E-state index is 6.43. The predicted molar refractivity (Wildman–Crippen MR) is 68.4 cm³/mol. The third-order valence-electron chi connectivity index (χ3n) is 3.16. The fraction of sp³-hybridized carbons (Fsp3) is 0.308. The normalized spacial score (nSPS) is 15.1. The number of pyridine rings is 1. The number of fused-ring (bicyclic) bond motifs is 2. The molecule has 1 aliphatic rings. The van der Waals surface area contributed by atoms with E-state index in [4.69, 9.17) is 23.2 Å². The summed E-state index contributed by atoms with van der Waals surface area (Å²) >= 11 is 12.4. The van der Waals surface area contributed by atoms with Gasteiger partial charge in [0.2, 0.25) is 0 Å². The molecule has 0 fully saturated rings. The summed E-state index contributed by atoms with van der Waals surface area (Å²) in [5, 5.41) is 2.61. The van der Waals surface area contributed by atoms with E-state index in [1.807, 2.05) is 18.2 Å². The molecule has 1 aromatic carbocycles. The average Bonchev–Trinajstić information content (AvgIpc) is 2.29. The number of aryl methyl sites for hydroxylation is 1. The van der Waals surface area contributed by atoms with Crippen LogP contribution in [0.15, 0.2) is 18.2 Å². The first-order chi connectivity index (χ1) is 7.75. The molecule has 1 aromatic heterocycles. The minimum Gasteiger partial charge on any atom is -0.252 e. The van der Waals surface area contributed by atoms with Gasteiger partial charge in [-0.25, -0.2) is 0 Å². The van der Waals surface area contributed by atoms with E-state index in [-0.39, 0.29) is 0 Å². The van der Waals surface area contributed by atoms with Crippen molar-refractivity contribution in [3.63, 3.8) is 0 Å². The molecule has 1 nitrogen and oxygen atoms in total. The van der Waals surface area contributed by atoms with Gasteiger partial charge in [-0.2, -0.15) is 0 Å². The highest BCUT2D eigenvalue weighted by Gasteiger charge is 2.16. The molecule has 0 radical (unpaired) electrons. The SMILES string of the molecule is Clc1ccc2c(Cl)c3c(nc2c1)CCCC3. The van der Waals surface area contributed by atoms with Gasteiger partial charge in [-0.3, -0.25) is 4.98 Å². The summed E-state index contributed by atoms with van der Waals surface area (Å²) in [7, 11) is 0. The quantitative estimate of drug-likeness (QED) is 0.676. The van der Waals surface area contributed by atoms with Crippen molar-refractivity contribution in [2.75, 3.05) is 0 Å². The van der Waals surface area contributed by atoms with Crippen LogP contribution in [0.2, 0.25) is 10.0 Å². The van der Waals surface area contributed by atoms with Gasteiger partial charge in [0, 0.05) is 16.1 Å². The molecule has 0 spiro atoms. The topological polar surface area (TPSA) is 12.9 Å². The molecular formula is C13H11Cl2N. The zero-order valence-electron chi connectivity index (χ0n) is 8.76. The maximum atomic E-state index is 6.43. The summed E-state index contributed by atoms with van der Waals surface area (Å²) in [5.74, 6) is 0. The predicted octanol–water partition coefficient (Wildman–Crippen LogP) is 4.42. The smallest absolute Gasteiger partial charge is 0.0735 e. The minimum absolute atomic E-state index is 0.715. The Bertz CT molecular complexity index is 563. The Morgan fingerprint density at radius 3 is 2.75 bits per heavy atom. The molecule has 16 heavy (non-hydrogen) atoms. The standard InChI is InChI=1S/C13H11Cl2N/c14-8-5-6-10-12(7-8)16-11-4-2-1-3-9(11)13(10)15/h5-7H,1-4H2. The highest BCUT2D eigenvalue weighted by Crippen LogP contribution is 2.33. The first-order valence-electron chi connectivity index (χ1n) is 5.52. The van der Waals surface area contributed by atoms with Crippen LogP contribution in [0.1, 0.15) is 24.1 Å². The van der Waals surface area contributed by atoms with Gasteiger partial charge in [0.05, 0.1) is 10.5 Å². The molecular weight excluding hydrogens is 241 g/mol. The lowest BCUT2D eigenvalue weighted by atomic mass is 9.94. The second-order valence-corrected chi connectivity index (χ2v) is 5.03. The molecule has 3 rings (SSSR count). The third kappa shape index (κ3) is 1.59. The monoisotopic (exact) mass is 251 g/mol. The molecule has 0 bridgehead atoms. The number of nitrogens with zero attached hydrogens (tertiary/aromatic N) is 1. The third-order valence-corrected chi connectivity index (χ3v) is 3.82. The second-order valence-electron chi connectivity index (χ2n) is 4.22. The van der Waals surface area contributed by atoms with E-state index in [1.165, 1.54) is 18.4 Å². The molecule has 0 atom stereocenters. The number of benzene rings is 1.